The van der Waals surface area contributed by atoms with Crippen molar-refractivity contribution in [1.82, 2.24) is 9.88 Å². The Balaban J connectivity index is 2.22. The van der Waals surface area contributed by atoms with Crippen molar-refractivity contribution in [2.24, 2.45) is 0 Å². The lowest BCUT2D eigenvalue weighted by atomic mass is 10.0. The highest BCUT2D eigenvalue weighted by Crippen LogP contribution is 2.30. The van der Waals surface area contributed by atoms with Crippen molar-refractivity contribution in [3.8, 4) is 11.3 Å². The molecule has 21 heavy (non-hydrogen) atoms. The Bertz CT molecular complexity index is 772. The second-order valence-electron chi connectivity index (χ2n) is 5.45. The number of benzene rings is 2. The van der Waals surface area contributed by atoms with Gasteiger partial charge in [-0.25, -0.2) is 0 Å². The summed E-state index contributed by atoms with van der Waals surface area (Å²) in [5.41, 5.74) is 3.73. The Hall–Kier alpha value is -2.39. The topological polar surface area (TPSA) is 36.1 Å². The lowest BCUT2D eigenvalue weighted by molar-refractivity contribution is 0.0960. The Kier molecular flexibility index (Phi) is 3.59. The van der Waals surface area contributed by atoms with E-state index in [0.717, 1.165) is 27.7 Å². The summed E-state index contributed by atoms with van der Waals surface area (Å²) in [6.45, 7) is 0.404. The highest BCUT2D eigenvalue weighted by Gasteiger charge is 2.19. The number of aromatic amines is 1. The number of likely N-dealkylation sites (N-methyl/N-ethyl adjacent to an activating group) is 1. The molecule has 3 heteroatoms. The molecule has 0 fully saturated rings. The summed E-state index contributed by atoms with van der Waals surface area (Å²) in [7, 11) is 3.82. The van der Waals surface area contributed by atoms with Crippen LogP contribution in [0.1, 0.15) is 10.4 Å². The molecule has 0 unspecified atom stereocenters. The van der Waals surface area contributed by atoms with Crippen LogP contribution >= 0.6 is 0 Å². The Morgan fingerprint density at radius 1 is 1.00 bits per heavy atom. The van der Waals surface area contributed by atoms with Gasteiger partial charge in [-0.15, -0.1) is 0 Å². The monoisotopic (exact) mass is 278 g/mol. The van der Waals surface area contributed by atoms with Gasteiger partial charge in [0.05, 0.1) is 17.8 Å². The Morgan fingerprint density at radius 2 is 1.67 bits per heavy atom. The van der Waals surface area contributed by atoms with Gasteiger partial charge in [0.1, 0.15) is 0 Å². The third-order valence-electron chi connectivity index (χ3n) is 3.51. The van der Waals surface area contributed by atoms with E-state index in [1.807, 2.05) is 73.6 Å². The van der Waals surface area contributed by atoms with Crippen molar-refractivity contribution in [3.63, 3.8) is 0 Å². The number of Topliss-reactive ketones (excluding diaryl/α,β-unsaturated/α-hetero) is 1. The molecule has 0 aliphatic heterocycles. The molecule has 106 valence electrons. The van der Waals surface area contributed by atoms with Crippen LogP contribution in [-0.2, 0) is 0 Å². The zero-order valence-electron chi connectivity index (χ0n) is 12.3. The van der Waals surface area contributed by atoms with Crippen LogP contribution in [0.2, 0.25) is 0 Å². The minimum atomic E-state index is 0.135. The van der Waals surface area contributed by atoms with Gasteiger partial charge in [0.15, 0.2) is 5.78 Å². The van der Waals surface area contributed by atoms with Gasteiger partial charge in [-0.3, -0.25) is 4.79 Å². The fraction of sp³-hybridized carbons (Fsp3) is 0.167. The smallest absolute Gasteiger partial charge is 0.179 e. The normalized spacial score (nSPS) is 11.2. The maximum atomic E-state index is 12.7. The average molecular weight is 278 g/mol. The molecule has 1 aromatic heterocycles. The van der Waals surface area contributed by atoms with E-state index in [4.69, 9.17) is 0 Å². The fourth-order valence-corrected chi connectivity index (χ4v) is 2.62. The van der Waals surface area contributed by atoms with Gasteiger partial charge in [0.25, 0.3) is 0 Å². The summed E-state index contributed by atoms with van der Waals surface area (Å²) in [5, 5.41) is 0.989. The van der Waals surface area contributed by atoms with Gasteiger partial charge < -0.3 is 9.88 Å². The molecule has 3 nitrogen and oxygen atoms in total. The minimum absolute atomic E-state index is 0.135. The first kappa shape index (κ1) is 13.6. The number of carbonyl (C=O) groups is 1. The van der Waals surface area contributed by atoms with Crippen LogP contribution in [0.5, 0.6) is 0 Å². The average Bonchev–Trinajstić information content (AvgIpc) is 2.87. The van der Waals surface area contributed by atoms with Gasteiger partial charge in [-0.05, 0) is 25.7 Å². The number of hydrogen-bond acceptors (Lipinski definition) is 2. The maximum absolute atomic E-state index is 12.7. The largest absolute Gasteiger partial charge is 0.354 e. The van der Waals surface area contributed by atoms with Crippen LogP contribution in [0.15, 0.2) is 54.6 Å². The van der Waals surface area contributed by atoms with E-state index in [9.17, 15) is 4.79 Å². The third kappa shape index (κ3) is 2.60. The van der Waals surface area contributed by atoms with E-state index in [1.54, 1.807) is 0 Å². The number of aromatic nitrogens is 1. The number of hydrogen-bond donors (Lipinski definition) is 1. The summed E-state index contributed by atoms with van der Waals surface area (Å²) in [4.78, 5) is 18.0. The van der Waals surface area contributed by atoms with Crippen LogP contribution in [0.4, 0.5) is 0 Å². The molecule has 0 aliphatic carbocycles. The van der Waals surface area contributed by atoms with E-state index in [1.165, 1.54) is 0 Å². The van der Waals surface area contributed by atoms with Crippen molar-refractivity contribution in [2.45, 2.75) is 0 Å². The van der Waals surface area contributed by atoms with Gasteiger partial charge in [0, 0.05) is 10.9 Å². The molecule has 1 heterocycles. The standard InChI is InChI=1S/C18H18N2O/c1-20(2)12-16(21)17-14-10-6-7-11-15(14)19-18(17)13-8-4-3-5-9-13/h3-11,19H,12H2,1-2H3. The number of nitrogens with one attached hydrogen (secondary N) is 1. The number of para-hydroxylation sites is 1. The number of ketones is 1. The lowest BCUT2D eigenvalue weighted by Gasteiger charge is -2.09. The van der Waals surface area contributed by atoms with E-state index < -0.39 is 0 Å². The summed E-state index contributed by atoms with van der Waals surface area (Å²) >= 11 is 0. The van der Waals surface area contributed by atoms with Crippen LogP contribution in [0.25, 0.3) is 22.2 Å². The lowest BCUT2D eigenvalue weighted by Crippen LogP contribution is -2.21. The van der Waals surface area contributed by atoms with Gasteiger partial charge >= 0.3 is 0 Å². The first-order valence-corrected chi connectivity index (χ1v) is 7.01. The number of fused-ring (bicyclic) bond motifs is 1. The van der Waals surface area contributed by atoms with Crippen molar-refractivity contribution < 1.29 is 4.79 Å². The second-order valence-corrected chi connectivity index (χ2v) is 5.45. The summed E-state index contributed by atoms with van der Waals surface area (Å²) < 4.78 is 0. The van der Waals surface area contributed by atoms with Crippen LogP contribution < -0.4 is 0 Å². The molecule has 0 amide bonds. The quantitative estimate of drug-likeness (QED) is 0.740. The van der Waals surface area contributed by atoms with Crippen molar-refractivity contribution in [3.05, 3.63) is 60.2 Å². The van der Waals surface area contributed by atoms with E-state index in [0.29, 0.717) is 6.54 Å². The molecule has 0 aliphatic rings. The van der Waals surface area contributed by atoms with Gasteiger partial charge in [-0.2, -0.15) is 0 Å². The zero-order valence-corrected chi connectivity index (χ0v) is 12.3. The summed E-state index contributed by atoms with van der Waals surface area (Å²) in [6, 6.07) is 18.0. The molecule has 2 aromatic carbocycles. The minimum Gasteiger partial charge on any atom is -0.354 e. The first-order chi connectivity index (χ1) is 10.2. The van der Waals surface area contributed by atoms with E-state index in [-0.39, 0.29) is 5.78 Å². The maximum Gasteiger partial charge on any atom is 0.179 e. The molecule has 0 saturated heterocycles. The van der Waals surface area contributed by atoms with Crippen LogP contribution in [-0.4, -0.2) is 36.3 Å². The molecule has 1 N–H and O–H groups in total. The predicted octanol–water partition coefficient (Wildman–Crippen LogP) is 3.58. The Labute approximate surface area is 124 Å². The molecular weight excluding hydrogens is 260 g/mol. The third-order valence-corrected chi connectivity index (χ3v) is 3.51. The van der Waals surface area contributed by atoms with Gasteiger partial charge in [-0.1, -0.05) is 48.5 Å². The number of H-pyrrole nitrogens is 1. The fourth-order valence-electron chi connectivity index (χ4n) is 2.62. The molecule has 0 radical (unpaired) electrons. The summed E-state index contributed by atoms with van der Waals surface area (Å²) in [5.74, 6) is 0.135. The number of nitrogens with zero attached hydrogens (tertiary/aromatic N) is 1. The molecule has 0 bridgehead atoms. The number of carbonyl (C=O) groups excluding carboxylic acids is 1. The number of rotatable bonds is 4. The molecule has 0 spiro atoms. The highest BCUT2D eigenvalue weighted by atomic mass is 16.1. The zero-order chi connectivity index (χ0) is 14.8. The highest BCUT2D eigenvalue weighted by molar-refractivity contribution is 6.14. The molecule has 3 aromatic rings. The molecule has 0 atom stereocenters. The molecular formula is C18H18N2O. The van der Waals surface area contributed by atoms with Crippen molar-refractivity contribution in [1.29, 1.82) is 0 Å². The van der Waals surface area contributed by atoms with Crippen LogP contribution in [0.3, 0.4) is 0 Å². The first-order valence-electron chi connectivity index (χ1n) is 7.01. The van der Waals surface area contributed by atoms with E-state index in [2.05, 4.69) is 4.98 Å². The SMILES string of the molecule is CN(C)CC(=O)c1c(-c2ccccc2)[nH]c2ccccc12. The molecule has 3 rings (SSSR count). The second kappa shape index (κ2) is 5.54. The molecule has 0 saturated carbocycles. The Morgan fingerprint density at radius 3 is 2.38 bits per heavy atom. The summed E-state index contributed by atoms with van der Waals surface area (Å²) in [6.07, 6.45) is 0. The van der Waals surface area contributed by atoms with Crippen molar-refractivity contribution in [2.75, 3.05) is 20.6 Å². The van der Waals surface area contributed by atoms with Crippen LogP contribution in [0, 0.1) is 0 Å². The van der Waals surface area contributed by atoms with E-state index >= 15 is 0 Å². The predicted molar refractivity (Wildman–Crippen MR) is 86.6 cm³/mol. The van der Waals surface area contributed by atoms with Crippen molar-refractivity contribution >= 4 is 16.7 Å². The van der Waals surface area contributed by atoms with Gasteiger partial charge in [0.2, 0.25) is 0 Å².